The van der Waals surface area contributed by atoms with Gasteiger partial charge in [-0.1, -0.05) is 6.07 Å². The molecule has 2 aromatic carbocycles. The Balaban J connectivity index is 2.03. The first kappa shape index (κ1) is 17.7. The lowest BCUT2D eigenvalue weighted by molar-refractivity contribution is -0.122. The van der Waals surface area contributed by atoms with Gasteiger partial charge in [-0.25, -0.2) is 0 Å². The van der Waals surface area contributed by atoms with Crippen molar-refractivity contribution in [3.05, 3.63) is 48.0 Å². The summed E-state index contributed by atoms with van der Waals surface area (Å²) in [6.07, 6.45) is -0.658. The Morgan fingerprint density at radius 2 is 1.83 bits per heavy atom. The molecule has 5 heteroatoms. The molecule has 0 aliphatic carbocycles. The summed E-state index contributed by atoms with van der Waals surface area (Å²) >= 11 is 0. The molecule has 24 heavy (non-hydrogen) atoms. The number of carbonyl (C=O) groups excluding carboxylic acids is 1. The van der Waals surface area contributed by atoms with Crippen molar-refractivity contribution in [1.82, 2.24) is 0 Å². The van der Waals surface area contributed by atoms with E-state index in [1.807, 2.05) is 32.0 Å². The SMILES string of the molecule is CCOc1cc(C)ccc1O[C@@H](C)C(=O)Nc1ccc(OC)cc1. The van der Waals surface area contributed by atoms with Gasteiger partial charge in [0.25, 0.3) is 5.91 Å². The number of anilines is 1. The number of amides is 1. The van der Waals surface area contributed by atoms with E-state index >= 15 is 0 Å². The normalized spacial score (nSPS) is 11.5. The Morgan fingerprint density at radius 1 is 1.12 bits per heavy atom. The Morgan fingerprint density at radius 3 is 2.46 bits per heavy atom. The number of methoxy groups -OCH3 is 1. The number of nitrogens with one attached hydrogen (secondary N) is 1. The van der Waals surface area contributed by atoms with Crippen LogP contribution >= 0.6 is 0 Å². The first-order valence-corrected chi connectivity index (χ1v) is 7.88. The smallest absolute Gasteiger partial charge is 0.265 e. The lowest BCUT2D eigenvalue weighted by Gasteiger charge is -2.17. The van der Waals surface area contributed by atoms with Crippen molar-refractivity contribution in [3.63, 3.8) is 0 Å². The number of ether oxygens (including phenoxy) is 3. The number of carbonyl (C=O) groups is 1. The highest BCUT2D eigenvalue weighted by atomic mass is 16.5. The lowest BCUT2D eigenvalue weighted by atomic mass is 10.2. The van der Waals surface area contributed by atoms with Gasteiger partial charge in [0, 0.05) is 5.69 Å². The maximum atomic E-state index is 12.3. The van der Waals surface area contributed by atoms with Gasteiger partial charge >= 0.3 is 0 Å². The molecule has 0 radical (unpaired) electrons. The second kappa shape index (κ2) is 8.24. The van der Waals surface area contributed by atoms with Gasteiger partial charge in [0.1, 0.15) is 5.75 Å². The molecule has 2 aromatic rings. The summed E-state index contributed by atoms with van der Waals surface area (Å²) < 4.78 is 16.4. The predicted molar refractivity (Wildman–Crippen MR) is 94.1 cm³/mol. The van der Waals surface area contributed by atoms with E-state index in [1.165, 1.54) is 0 Å². The van der Waals surface area contributed by atoms with E-state index in [2.05, 4.69) is 5.32 Å². The zero-order valence-corrected chi connectivity index (χ0v) is 14.5. The van der Waals surface area contributed by atoms with Gasteiger partial charge in [-0.05, 0) is 62.7 Å². The van der Waals surface area contributed by atoms with Crippen LogP contribution in [0, 0.1) is 6.92 Å². The summed E-state index contributed by atoms with van der Waals surface area (Å²) in [5, 5.41) is 2.82. The molecule has 0 aliphatic heterocycles. The fourth-order valence-electron chi connectivity index (χ4n) is 2.14. The zero-order valence-electron chi connectivity index (χ0n) is 14.5. The first-order chi connectivity index (χ1) is 11.5. The van der Waals surface area contributed by atoms with Gasteiger partial charge < -0.3 is 19.5 Å². The summed E-state index contributed by atoms with van der Waals surface area (Å²) in [6, 6.07) is 12.8. The van der Waals surface area contributed by atoms with Crippen molar-refractivity contribution in [2.24, 2.45) is 0 Å². The molecule has 0 aromatic heterocycles. The van der Waals surface area contributed by atoms with Crippen LogP contribution in [-0.4, -0.2) is 25.7 Å². The molecule has 2 rings (SSSR count). The van der Waals surface area contributed by atoms with E-state index in [-0.39, 0.29) is 5.91 Å². The highest BCUT2D eigenvalue weighted by molar-refractivity contribution is 5.94. The van der Waals surface area contributed by atoms with Gasteiger partial charge in [-0.2, -0.15) is 0 Å². The van der Waals surface area contributed by atoms with Crippen molar-refractivity contribution in [2.45, 2.75) is 26.9 Å². The van der Waals surface area contributed by atoms with Crippen LogP contribution in [0.4, 0.5) is 5.69 Å². The fourth-order valence-corrected chi connectivity index (χ4v) is 2.14. The third-order valence-electron chi connectivity index (χ3n) is 3.43. The van der Waals surface area contributed by atoms with Crippen molar-refractivity contribution in [1.29, 1.82) is 0 Å². The number of aryl methyl sites for hydroxylation is 1. The largest absolute Gasteiger partial charge is 0.497 e. The molecule has 0 heterocycles. The Labute approximate surface area is 142 Å². The van der Waals surface area contributed by atoms with E-state index in [1.54, 1.807) is 38.3 Å². The van der Waals surface area contributed by atoms with Crippen LogP contribution < -0.4 is 19.5 Å². The van der Waals surface area contributed by atoms with Crippen LogP contribution in [0.3, 0.4) is 0 Å². The molecule has 0 aliphatic rings. The molecule has 1 N–H and O–H groups in total. The van der Waals surface area contributed by atoms with E-state index in [4.69, 9.17) is 14.2 Å². The van der Waals surface area contributed by atoms with Crippen LogP contribution in [-0.2, 0) is 4.79 Å². The standard InChI is InChI=1S/C19H23NO4/c1-5-23-18-12-13(2)6-11-17(18)24-14(3)19(21)20-15-7-9-16(22-4)10-8-15/h6-12,14H,5H2,1-4H3,(H,20,21)/t14-/m0/s1. The summed E-state index contributed by atoms with van der Waals surface area (Å²) in [7, 11) is 1.60. The van der Waals surface area contributed by atoms with Crippen molar-refractivity contribution >= 4 is 11.6 Å². The molecule has 1 atom stereocenters. The Hall–Kier alpha value is -2.69. The summed E-state index contributed by atoms with van der Waals surface area (Å²) in [5.41, 5.74) is 1.76. The fraction of sp³-hybridized carbons (Fsp3) is 0.316. The minimum absolute atomic E-state index is 0.233. The topological polar surface area (TPSA) is 56.8 Å². The summed E-state index contributed by atoms with van der Waals surface area (Å²) in [5.74, 6) is 1.70. The van der Waals surface area contributed by atoms with Crippen molar-refractivity contribution in [3.8, 4) is 17.2 Å². The van der Waals surface area contributed by atoms with Gasteiger partial charge in [0.2, 0.25) is 0 Å². The van der Waals surface area contributed by atoms with Gasteiger partial charge in [0.15, 0.2) is 17.6 Å². The van der Waals surface area contributed by atoms with Gasteiger partial charge in [0.05, 0.1) is 13.7 Å². The van der Waals surface area contributed by atoms with Crippen molar-refractivity contribution < 1.29 is 19.0 Å². The molecular weight excluding hydrogens is 306 g/mol. The maximum absolute atomic E-state index is 12.3. The number of hydrogen-bond donors (Lipinski definition) is 1. The van der Waals surface area contributed by atoms with Gasteiger partial charge in [-0.15, -0.1) is 0 Å². The van der Waals surface area contributed by atoms with Crippen LogP contribution in [0.25, 0.3) is 0 Å². The molecule has 128 valence electrons. The molecule has 0 spiro atoms. The number of benzene rings is 2. The third kappa shape index (κ3) is 4.65. The highest BCUT2D eigenvalue weighted by Gasteiger charge is 2.17. The second-order valence-corrected chi connectivity index (χ2v) is 5.36. The summed E-state index contributed by atoms with van der Waals surface area (Å²) in [4.78, 5) is 12.3. The average molecular weight is 329 g/mol. The zero-order chi connectivity index (χ0) is 17.5. The second-order valence-electron chi connectivity index (χ2n) is 5.36. The molecular formula is C19H23NO4. The van der Waals surface area contributed by atoms with Gasteiger partial charge in [-0.3, -0.25) is 4.79 Å². The Bertz CT molecular complexity index is 682. The molecule has 1 amide bonds. The minimum atomic E-state index is -0.658. The predicted octanol–water partition coefficient (Wildman–Crippen LogP) is 3.81. The maximum Gasteiger partial charge on any atom is 0.265 e. The van der Waals surface area contributed by atoms with Crippen LogP contribution in [0.1, 0.15) is 19.4 Å². The monoisotopic (exact) mass is 329 g/mol. The summed E-state index contributed by atoms with van der Waals surface area (Å²) in [6.45, 7) is 6.12. The van der Waals surface area contributed by atoms with E-state index < -0.39 is 6.10 Å². The van der Waals surface area contributed by atoms with Crippen LogP contribution in [0.15, 0.2) is 42.5 Å². The van der Waals surface area contributed by atoms with Crippen LogP contribution in [0.2, 0.25) is 0 Å². The highest BCUT2D eigenvalue weighted by Crippen LogP contribution is 2.29. The third-order valence-corrected chi connectivity index (χ3v) is 3.43. The lowest BCUT2D eigenvalue weighted by Crippen LogP contribution is -2.30. The van der Waals surface area contributed by atoms with E-state index in [9.17, 15) is 4.79 Å². The molecule has 5 nitrogen and oxygen atoms in total. The quantitative estimate of drug-likeness (QED) is 0.839. The van der Waals surface area contributed by atoms with E-state index in [0.717, 1.165) is 11.3 Å². The van der Waals surface area contributed by atoms with E-state index in [0.29, 0.717) is 23.8 Å². The molecule has 0 bridgehead atoms. The number of hydrogen-bond acceptors (Lipinski definition) is 4. The first-order valence-electron chi connectivity index (χ1n) is 7.88. The molecule has 0 fully saturated rings. The van der Waals surface area contributed by atoms with Crippen LogP contribution in [0.5, 0.6) is 17.2 Å². The molecule has 0 unspecified atom stereocenters. The molecule has 0 saturated carbocycles. The molecule has 0 saturated heterocycles. The van der Waals surface area contributed by atoms with Crippen molar-refractivity contribution in [2.75, 3.05) is 19.0 Å². The Kier molecular flexibility index (Phi) is 6.07. The minimum Gasteiger partial charge on any atom is -0.497 e. The number of rotatable bonds is 7. The average Bonchev–Trinajstić information content (AvgIpc) is 2.58.